The lowest BCUT2D eigenvalue weighted by molar-refractivity contribution is 0.217. The summed E-state index contributed by atoms with van der Waals surface area (Å²) in [5.74, 6) is 2.46. The summed E-state index contributed by atoms with van der Waals surface area (Å²) in [6.07, 6.45) is 2.54. The fourth-order valence-electron chi connectivity index (χ4n) is 2.85. The number of furan rings is 1. The second kappa shape index (κ2) is 5.74. The van der Waals surface area contributed by atoms with Crippen molar-refractivity contribution in [3.63, 3.8) is 0 Å². The SMILES string of the molecule is Cc1oc(CNC2CC2)cc1CN1CCS(=O)(=O)CC1C. The third kappa shape index (κ3) is 3.87. The Morgan fingerprint density at radius 3 is 2.86 bits per heavy atom. The van der Waals surface area contributed by atoms with Gasteiger partial charge >= 0.3 is 0 Å². The lowest BCUT2D eigenvalue weighted by atomic mass is 10.2. The minimum absolute atomic E-state index is 0.0751. The van der Waals surface area contributed by atoms with E-state index in [0.29, 0.717) is 12.6 Å². The average molecular weight is 312 g/mol. The van der Waals surface area contributed by atoms with Crippen molar-refractivity contribution in [3.05, 3.63) is 23.2 Å². The fourth-order valence-corrected chi connectivity index (χ4v) is 4.48. The maximum atomic E-state index is 11.6. The first-order chi connectivity index (χ1) is 9.93. The summed E-state index contributed by atoms with van der Waals surface area (Å²) >= 11 is 0. The Balaban J connectivity index is 1.61. The molecular weight excluding hydrogens is 288 g/mol. The molecule has 1 atom stereocenters. The molecular formula is C15H24N2O3S. The van der Waals surface area contributed by atoms with Crippen molar-refractivity contribution in [2.45, 2.75) is 51.9 Å². The second-order valence-corrected chi connectivity index (χ2v) is 8.61. The van der Waals surface area contributed by atoms with Crippen molar-refractivity contribution >= 4 is 9.84 Å². The van der Waals surface area contributed by atoms with Gasteiger partial charge in [-0.3, -0.25) is 4.90 Å². The predicted molar refractivity (Wildman–Crippen MR) is 81.8 cm³/mol. The van der Waals surface area contributed by atoms with Crippen molar-refractivity contribution in [3.8, 4) is 0 Å². The second-order valence-electron chi connectivity index (χ2n) is 6.38. The van der Waals surface area contributed by atoms with E-state index in [0.717, 1.165) is 24.6 Å². The van der Waals surface area contributed by atoms with E-state index in [2.05, 4.69) is 16.3 Å². The van der Waals surface area contributed by atoms with Crippen LogP contribution in [-0.4, -0.2) is 43.5 Å². The number of hydrogen-bond donors (Lipinski definition) is 1. The van der Waals surface area contributed by atoms with E-state index in [-0.39, 0.29) is 17.5 Å². The molecule has 2 aliphatic rings. The van der Waals surface area contributed by atoms with E-state index < -0.39 is 9.84 Å². The predicted octanol–water partition coefficient (Wildman–Crippen LogP) is 1.46. The van der Waals surface area contributed by atoms with Crippen molar-refractivity contribution in [2.75, 3.05) is 18.1 Å². The minimum atomic E-state index is -2.85. The van der Waals surface area contributed by atoms with Gasteiger partial charge in [0.1, 0.15) is 11.5 Å². The Bertz CT molecular complexity index is 604. The molecule has 118 valence electrons. The third-order valence-electron chi connectivity index (χ3n) is 4.40. The highest BCUT2D eigenvalue weighted by molar-refractivity contribution is 7.91. The van der Waals surface area contributed by atoms with Crippen LogP contribution in [0.4, 0.5) is 0 Å². The Kier molecular flexibility index (Phi) is 4.12. The molecule has 1 aromatic heterocycles. The molecule has 1 unspecified atom stereocenters. The molecule has 0 aromatic carbocycles. The molecule has 2 fully saturated rings. The van der Waals surface area contributed by atoms with E-state index in [4.69, 9.17) is 4.42 Å². The van der Waals surface area contributed by atoms with Crippen molar-refractivity contribution in [2.24, 2.45) is 0 Å². The number of nitrogens with zero attached hydrogens (tertiary/aromatic N) is 1. The van der Waals surface area contributed by atoms with Gasteiger partial charge in [0.05, 0.1) is 18.1 Å². The summed E-state index contributed by atoms with van der Waals surface area (Å²) in [4.78, 5) is 2.23. The molecule has 1 saturated heterocycles. The summed E-state index contributed by atoms with van der Waals surface area (Å²) in [5.41, 5.74) is 1.17. The molecule has 1 saturated carbocycles. The molecule has 0 amide bonds. The van der Waals surface area contributed by atoms with Gasteiger partial charge in [-0.2, -0.15) is 0 Å². The summed E-state index contributed by atoms with van der Waals surface area (Å²) in [6, 6.07) is 2.86. The van der Waals surface area contributed by atoms with Crippen LogP contribution in [0.25, 0.3) is 0 Å². The molecule has 1 aromatic rings. The summed E-state index contributed by atoms with van der Waals surface area (Å²) in [5, 5.41) is 3.45. The first-order valence-electron chi connectivity index (χ1n) is 7.69. The van der Waals surface area contributed by atoms with Crippen molar-refractivity contribution < 1.29 is 12.8 Å². The van der Waals surface area contributed by atoms with Crippen LogP contribution in [0, 0.1) is 6.92 Å². The van der Waals surface area contributed by atoms with Crippen LogP contribution in [0.5, 0.6) is 0 Å². The molecule has 1 aliphatic carbocycles. The first kappa shape index (κ1) is 15.1. The first-order valence-corrected chi connectivity index (χ1v) is 9.51. The van der Waals surface area contributed by atoms with Crippen LogP contribution in [0.3, 0.4) is 0 Å². The largest absolute Gasteiger partial charge is 0.465 e. The van der Waals surface area contributed by atoms with Gasteiger partial charge < -0.3 is 9.73 Å². The van der Waals surface area contributed by atoms with Crippen molar-refractivity contribution in [1.29, 1.82) is 0 Å². The van der Waals surface area contributed by atoms with Crippen LogP contribution < -0.4 is 5.32 Å². The normalized spacial score (nSPS) is 26.1. The van der Waals surface area contributed by atoms with Gasteiger partial charge in [-0.25, -0.2) is 8.42 Å². The van der Waals surface area contributed by atoms with E-state index in [9.17, 15) is 8.42 Å². The molecule has 21 heavy (non-hydrogen) atoms. The smallest absolute Gasteiger partial charge is 0.153 e. The van der Waals surface area contributed by atoms with Crippen LogP contribution >= 0.6 is 0 Å². The topological polar surface area (TPSA) is 62.6 Å². The molecule has 0 radical (unpaired) electrons. The van der Waals surface area contributed by atoms with E-state index in [1.54, 1.807) is 0 Å². The molecule has 3 rings (SSSR count). The Morgan fingerprint density at radius 2 is 2.19 bits per heavy atom. The Morgan fingerprint density at radius 1 is 1.43 bits per heavy atom. The number of hydrogen-bond acceptors (Lipinski definition) is 5. The minimum Gasteiger partial charge on any atom is -0.465 e. The van der Waals surface area contributed by atoms with Gasteiger partial charge in [0.25, 0.3) is 0 Å². The highest BCUT2D eigenvalue weighted by atomic mass is 32.2. The quantitative estimate of drug-likeness (QED) is 0.892. The monoisotopic (exact) mass is 312 g/mol. The summed E-state index contributed by atoms with van der Waals surface area (Å²) in [6.45, 7) is 6.15. The molecule has 6 heteroatoms. The van der Waals surface area contributed by atoms with Gasteiger partial charge in [0, 0.05) is 30.7 Å². The van der Waals surface area contributed by atoms with Gasteiger partial charge in [-0.05, 0) is 32.8 Å². The van der Waals surface area contributed by atoms with Gasteiger partial charge in [0.2, 0.25) is 0 Å². The van der Waals surface area contributed by atoms with Gasteiger partial charge in [-0.15, -0.1) is 0 Å². The molecule has 0 spiro atoms. The highest BCUT2D eigenvalue weighted by Gasteiger charge is 2.28. The summed E-state index contributed by atoms with van der Waals surface area (Å²) < 4.78 is 29.1. The zero-order valence-corrected chi connectivity index (χ0v) is 13.6. The maximum absolute atomic E-state index is 11.6. The Hall–Kier alpha value is -0.850. The zero-order valence-electron chi connectivity index (χ0n) is 12.8. The maximum Gasteiger partial charge on any atom is 0.153 e. The van der Waals surface area contributed by atoms with Crippen LogP contribution in [-0.2, 0) is 22.9 Å². The number of nitrogens with one attached hydrogen (secondary N) is 1. The highest BCUT2D eigenvalue weighted by Crippen LogP contribution is 2.22. The van der Waals surface area contributed by atoms with E-state index in [1.165, 1.54) is 18.4 Å². The Labute approximate surface area is 126 Å². The number of sulfone groups is 1. The molecule has 1 aliphatic heterocycles. The van der Waals surface area contributed by atoms with Crippen LogP contribution in [0.1, 0.15) is 36.8 Å². The van der Waals surface area contributed by atoms with E-state index >= 15 is 0 Å². The number of rotatable bonds is 5. The lowest BCUT2D eigenvalue weighted by Crippen LogP contribution is -2.46. The van der Waals surface area contributed by atoms with Crippen molar-refractivity contribution in [1.82, 2.24) is 10.2 Å². The molecule has 2 heterocycles. The van der Waals surface area contributed by atoms with Gasteiger partial charge in [-0.1, -0.05) is 0 Å². The van der Waals surface area contributed by atoms with E-state index in [1.807, 2.05) is 13.8 Å². The summed E-state index contributed by atoms with van der Waals surface area (Å²) in [7, 11) is -2.85. The third-order valence-corrected chi connectivity index (χ3v) is 6.19. The fraction of sp³-hybridized carbons (Fsp3) is 0.733. The standard InChI is InChI=1S/C15H24N2O3S/c1-11-10-21(18,19)6-5-17(11)9-13-7-15(20-12(13)2)8-16-14-3-4-14/h7,11,14,16H,3-6,8-10H2,1-2H3. The molecule has 0 bridgehead atoms. The molecule has 5 nitrogen and oxygen atoms in total. The zero-order chi connectivity index (χ0) is 15.0. The average Bonchev–Trinajstić information content (AvgIpc) is 3.15. The number of aryl methyl sites for hydroxylation is 1. The molecule has 1 N–H and O–H groups in total. The van der Waals surface area contributed by atoms with Crippen LogP contribution in [0.15, 0.2) is 10.5 Å². The lowest BCUT2D eigenvalue weighted by Gasteiger charge is -2.32. The van der Waals surface area contributed by atoms with Gasteiger partial charge in [0.15, 0.2) is 9.84 Å². The van der Waals surface area contributed by atoms with Crippen LogP contribution in [0.2, 0.25) is 0 Å².